The topological polar surface area (TPSA) is 28.7 Å². The van der Waals surface area contributed by atoms with E-state index in [1.165, 1.54) is 12.1 Å². The number of hydrogen-bond acceptors (Lipinski definition) is 1. The summed E-state index contributed by atoms with van der Waals surface area (Å²) in [4.78, 5) is 6.26. The first-order chi connectivity index (χ1) is 7.48. The molecule has 16 heavy (non-hydrogen) atoms. The summed E-state index contributed by atoms with van der Waals surface area (Å²) in [5.74, 6) is 0. The quantitative estimate of drug-likeness (QED) is 0.793. The molecule has 5 heteroatoms. The molecule has 2 aromatic heterocycles. The fraction of sp³-hybridized carbons (Fsp3) is 0.182. The van der Waals surface area contributed by atoms with E-state index in [1.54, 1.807) is 19.1 Å². The first-order valence-corrected chi connectivity index (χ1v) is 4.66. The molecule has 0 aliphatic heterocycles. The average molecular weight is 226 g/mol. The van der Waals surface area contributed by atoms with Crippen LogP contribution in [0.2, 0.25) is 0 Å². The van der Waals surface area contributed by atoms with Crippen molar-refractivity contribution in [2.45, 2.75) is 13.1 Å². The van der Waals surface area contributed by atoms with Gasteiger partial charge in [0, 0.05) is 23.1 Å². The lowest BCUT2D eigenvalue weighted by atomic mass is 10.1. The summed E-state index contributed by atoms with van der Waals surface area (Å²) in [5, 5.41) is 0. The number of H-pyrrole nitrogens is 1. The van der Waals surface area contributed by atoms with Gasteiger partial charge in [0.05, 0.1) is 0 Å². The third-order valence-electron chi connectivity index (χ3n) is 2.20. The molecular weight excluding hydrogens is 217 g/mol. The van der Waals surface area contributed by atoms with Crippen LogP contribution in [-0.2, 0) is 6.18 Å². The molecule has 0 amide bonds. The van der Waals surface area contributed by atoms with E-state index in [2.05, 4.69) is 9.97 Å². The first-order valence-electron chi connectivity index (χ1n) is 4.66. The van der Waals surface area contributed by atoms with Gasteiger partial charge in [-0.15, -0.1) is 0 Å². The highest BCUT2D eigenvalue weighted by atomic mass is 19.4. The minimum atomic E-state index is -4.43. The van der Waals surface area contributed by atoms with Gasteiger partial charge >= 0.3 is 6.18 Å². The summed E-state index contributed by atoms with van der Waals surface area (Å²) in [5.41, 5.74) is 0.449. The third kappa shape index (κ3) is 1.93. The molecule has 0 aromatic carbocycles. The van der Waals surface area contributed by atoms with E-state index in [4.69, 9.17) is 0 Å². The lowest BCUT2D eigenvalue weighted by Gasteiger charge is -2.09. The molecule has 2 rings (SSSR count). The zero-order chi connectivity index (χ0) is 11.8. The lowest BCUT2D eigenvalue weighted by molar-refractivity contribution is -0.140. The van der Waals surface area contributed by atoms with Gasteiger partial charge < -0.3 is 4.98 Å². The smallest absolute Gasteiger partial charge is 0.359 e. The number of hydrogen-bond donors (Lipinski definition) is 1. The number of nitrogens with zero attached hydrogens (tertiary/aromatic N) is 1. The number of rotatable bonds is 1. The maximum Gasteiger partial charge on any atom is 0.434 e. The van der Waals surface area contributed by atoms with Crippen LogP contribution >= 0.6 is 0 Å². The van der Waals surface area contributed by atoms with Crippen molar-refractivity contribution in [2.24, 2.45) is 0 Å². The van der Waals surface area contributed by atoms with Crippen LogP contribution in [0.15, 0.2) is 30.5 Å². The molecule has 2 nitrogen and oxygen atoms in total. The summed E-state index contributed by atoms with van der Waals surface area (Å²) in [7, 11) is 0. The molecule has 0 saturated carbocycles. The number of aromatic amines is 1. The second kappa shape index (κ2) is 3.66. The van der Waals surface area contributed by atoms with E-state index in [0.717, 1.165) is 11.9 Å². The van der Waals surface area contributed by atoms with Crippen LogP contribution in [0.4, 0.5) is 13.2 Å². The van der Waals surface area contributed by atoms with Gasteiger partial charge in [-0.05, 0) is 31.2 Å². The van der Waals surface area contributed by atoms with Gasteiger partial charge in [0.1, 0.15) is 0 Å². The normalized spacial score (nSPS) is 11.8. The summed E-state index contributed by atoms with van der Waals surface area (Å²) in [6.07, 6.45) is -3.29. The summed E-state index contributed by atoms with van der Waals surface area (Å²) < 4.78 is 38.0. The van der Waals surface area contributed by atoms with Crippen molar-refractivity contribution < 1.29 is 13.2 Å². The molecule has 0 bridgehead atoms. The van der Waals surface area contributed by atoms with E-state index < -0.39 is 11.9 Å². The number of aromatic nitrogens is 2. The Morgan fingerprint density at radius 3 is 2.50 bits per heavy atom. The van der Waals surface area contributed by atoms with Crippen molar-refractivity contribution in [1.29, 1.82) is 0 Å². The molecule has 2 heterocycles. The third-order valence-corrected chi connectivity index (χ3v) is 2.20. The van der Waals surface area contributed by atoms with E-state index >= 15 is 0 Å². The molecule has 0 aliphatic rings. The number of aryl methyl sites for hydroxylation is 1. The Morgan fingerprint density at radius 2 is 1.94 bits per heavy atom. The van der Waals surface area contributed by atoms with Crippen LogP contribution < -0.4 is 0 Å². The Balaban J connectivity index is 2.57. The molecular formula is C11H9F3N2. The zero-order valence-electron chi connectivity index (χ0n) is 8.47. The molecule has 0 radical (unpaired) electrons. The summed E-state index contributed by atoms with van der Waals surface area (Å²) >= 11 is 0. The predicted molar refractivity (Wildman–Crippen MR) is 53.8 cm³/mol. The molecule has 0 atom stereocenters. The van der Waals surface area contributed by atoms with E-state index in [9.17, 15) is 13.2 Å². The maximum absolute atomic E-state index is 12.7. The molecule has 1 N–H and O–H groups in total. The number of alkyl halides is 3. The van der Waals surface area contributed by atoms with Gasteiger partial charge in [0.2, 0.25) is 0 Å². The van der Waals surface area contributed by atoms with Gasteiger partial charge in [-0.1, -0.05) is 0 Å². The fourth-order valence-corrected chi connectivity index (χ4v) is 1.51. The Kier molecular flexibility index (Phi) is 2.46. The highest BCUT2D eigenvalue weighted by Gasteiger charge is 2.35. The highest BCUT2D eigenvalue weighted by molar-refractivity contribution is 5.63. The van der Waals surface area contributed by atoms with Crippen LogP contribution in [0.25, 0.3) is 11.3 Å². The molecule has 84 valence electrons. The Morgan fingerprint density at radius 1 is 1.19 bits per heavy atom. The molecule has 0 unspecified atom stereocenters. The second-order valence-corrected chi connectivity index (χ2v) is 3.45. The van der Waals surface area contributed by atoms with Crippen molar-refractivity contribution in [1.82, 2.24) is 9.97 Å². The molecule has 0 spiro atoms. The minimum Gasteiger partial charge on any atom is -0.359 e. The number of nitrogens with one attached hydrogen (secondary N) is 1. The van der Waals surface area contributed by atoms with Gasteiger partial charge in [0.15, 0.2) is 5.69 Å². The molecule has 0 fully saturated rings. The number of pyridine rings is 1. The van der Waals surface area contributed by atoms with Gasteiger partial charge in [-0.2, -0.15) is 13.2 Å². The Hall–Kier alpha value is -1.78. The van der Waals surface area contributed by atoms with E-state index in [-0.39, 0.29) is 5.56 Å². The first kappa shape index (κ1) is 10.7. The monoisotopic (exact) mass is 226 g/mol. The zero-order valence-corrected chi connectivity index (χ0v) is 8.47. The predicted octanol–water partition coefficient (Wildman–Crippen LogP) is 3.40. The second-order valence-electron chi connectivity index (χ2n) is 3.45. The average Bonchev–Trinajstić information content (AvgIpc) is 2.64. The van der Waals surface area contributed by atoms with E-state index in [1.807, 2.05) is 0 Å². The van der Waals surface area contributed by atoms with Crippen LogP contribution in [0.1, 0.15) is 11.4 Å². The summed E-state index contributed by atoms with van der Waals surface area (Å²) in [6, 6.07) is 6.23. The fourth-order valence-electron chi connectivity index (χ4n) is 1.51. The van der Waals surface area contributed by atoms with Crippen molar-refractivity contribution in [3.05, 3.63) is 41.9 Å². The van der Waals surface area contributed by atoms with Crippen LogP contribution in [0.5, 0.6) is 0 Å². The Labute approximate surface area is 90.1 Å². The highest BCUT2D eigenvalue weighted by Crippen LogP contribution is 2.34. The van der Waals surface area contributed by atoms with Crippen molar-refractivity contribution in [3.8, 4) is 11.3 Å². The van der Waals surface area contributed by atoms with Crippen molar-refractivity contribution in [2.75, 3.05) is 0 Å². The van der Waals surface area contributed by atoms with E-state index in [0.29, 0.717) is 5.69 Å². The largest absolute Gasteiger partial charge is 0.434 e. The van der Waals surface area contributed by atoms with Crippen molar-refractivity contribution in [3.63, 3.8) is 0 Å². The molecule has 2 aromatic rings. The molecule has 0 aliphatic carbocycles. The number of halogens is 3. The molecule has 0 saturated heterocycles. The van der Waals surface area contributed by atoms with Crippen LogP contribution in [0, 0.1) is 6.92 Å². The van der Waals surface area contributed by atoms with Crippen molar-refractivity contribution >= 4 is 0 Å². The van der Waals surface area contributed by atoms with Crippen LogP contribution in [0.3, 0.4) is 0 Å². The minimum absolute atomic E-state index is 0.0723. The van der Waals surface area contributed by atoms with Gasteiger partial charge in [-0.25, -0.2) is 0 Å². The SMILES string of the molecule is Cc1ccc(-c2cccnc2C(F)(F)F)[nH]1. The standard InChI is InChI=1S/C11H9F3N2/c1-7-4-5-9(16-7)8-3-2-6-15-10(8)11(12,13)14/h2-6,16H,1H3. The lowest BCUT2D eigenvalue weighted by Crippen LogP contribution is -2.09. The maximum atomic E-state index is 12.7. The van der Waals surface area contributed by atoms with Crippen LogP contribution in [-0.4, -0.2) is 9.97 Å². The summed E-state index contributed by atoms with van der Waals surface area (Å²) in [6.45, 7) is 1.78. The van der Waals surface area contributed by atoms with Gasteiger partial charge in [-0.3, -0.25) is 4.98 Å². The van der Waals surface area contributed by atoms with Gasteiger partial charge in [0.25, 0.3) is 0 Å². The Bertz CT molecular complexity index is 500.